The van der Waals surface area contributed by atoms with Crippen molar-refractivity contribution in [2.75, 3.05) is 13.2 Å². The number of rotatable bonds is 5. The molecular formula is C9H19NO2. The van der Waals surface area contributed by atoms with Crippen LogP contribution in [0.15, 0.2) is 0 Å². The molecule has 1 rings (SSSR count). The second-order valence-electron chi connectivity index (χ2n) is 3.46. The molecule has 0 aliphatic heterocycles. The highest BCUT2D eigenvalue weighted by Crippen LogP contribution is 2.22. The van der Waals surface area contributed by atoms with Gasteiger partial charge in [0.1, 0.15) is 0 Å². The van der Waals surface area contributed by atoms with E-state index in [2.05, 4.69) is 0 Å². The Balaban J connectivity index is 1.98. The lowest BCUT2D eigenvalue weighted by molar-refractivity contribution is -0.0803. The van der Waals surface area contributed by atoms with Crippen LogP contribution in [-0.2, 0) is 9.47 Å². The van der Waals surface area contributed by atoms with E-state index >= 15 is 0 Å². The van der Waals surface area contributed by atoms with Crippen molar-refractivity contribution in [2.24, 2.45) is 5.73 Å². The van der Waals surface area contributed by atoms with Gasteiger partial charge in [0.05, 0.1) is 18.8 Å². The van der Waals surface area contributed by atoms with Gasteiger partial charge in [0.15, 0.2) is 0 Å². The molecule has 0 amide bonds. The zero-order valence-corrected chi connectivity index (χ0v) is 7.95. The van der Waals surface area contributed by atoms with E-state index in [4.69, 9.17) is 15.2 Å². The van der Waals surface area contributed by atoms with Gasteiger partial charge >= 0.3 is 0 Å². The highest BCUT2D eigenvalue weighted by molar-refractivity contribution is 4.83. The molecule has 0 spiro atoms. The van der Waals surface area contributed by atoms with Crippen LogP contribution in [0.3, 0.4) is 0 Å². The monoisotopic (exact) mass is 173 g/mol. The maximum absolute atomic E-state index is 5.65. The highest BCUT2D eigenvalue weighted by Gasteiger charge is 2.27. The summed E-state index contributed by atoms with van der Waals surface area (Å²) in [6, 6.07) is 0.370. The molecule has 1 fully saturated rings. The molecule has 0 aromatic rings. The Kier molecular flexibility index (Phi) is 3.98. The first kappa shape index (κ1) is 9.96. The molecule has 1 saturated carbocycles. The van der Waals surface area contributed by atoms with E-state index in [9.17, 15) is 0 Å². The van der Waals surface area contributed by atoms with Crippen molar-refractivity contribution in [3.63, 3.8) is 0 Å². The number of hydrogen-bond acceptors (Lipinski definition) is 3. The van der Waals surface area contributed by atoms with Gasteiger partial charge in [0.25, 0.3) is 0 Å². The zero-order valence-electron chi connectivity index (χ0n) is 7.95. The molecule has 12 heavy (non-hydrogen) atoms. The van der Waals surface area contributed by atoms with Gasteiger partial charge in [0.2, 0.25) is 0 Å². The Labute approximate surface area is 74.2 Å². The van der Waals surface area contributed by atoms with Gasteiger partial charge in [-0.25, -0.2) is 0 Å². The molecule has 1 aliphatic carbocycles. The first-order valence-electron chi connectivity index (χ1n) is 4.71. The Hall–Kier alpha value is -0.120. The Morgan fingerprint density at radius 2 is 2.17 bits per heavy atom. The van der Waals surface area contributed by atoms with Crippen LogP contribution in [0.5, 0.6) is 0 Å². The minimum Gasteiger partial charge on any atom is -0.379 e. The van der Waals surface area contributed by atoms with Crippen LogP contribution in [0.2, 0.25) is 0 Å². The van der Waals surface area contributed by atoms with Gasteiger partial charge in [-0.1, -0.05) is 0 Å². The molecule has 0 bridgehead atoms. The Morgan fingerprint density at radius 1 is 1.50 bits per heavy atom. The maximum Gasteiger partial charge on any atom is 0.0784 e. The fourth-order valence-corrected chi connectivity index (χ4v) is 1.37. The molecule has 0 radical (unpaired) electrons. The van der Waals surface area contributed by atoms with E-state index in [1.165, 1.54) is 0 Å². The summed E-state index contributed by atoms with van der Waals surface area (Å²) in [6.07, 6.45) is 2.62. The van der Waals surface area contributed by atoms with Crippen molar-refractivity contribution >= 4 is 0 Å². The quantitative estimate of drug-likeness (QED) is 0.672. The van der Waals surface area contributed by atoms with Gasteiger partial charge < -0.3 is 15.2 Å². The van der Waals surface area contributed by atoms with Crippen molar-refractivity contribution < 1.29 is 9.47 Å². The van der Waals surface area contributed by atoms with E-state index in [0.29, 0.717) is 18.8 Å². The van der Waals surface area contributed by atoms with E-state index in [0.717, 1.165) is 19.4 Å². The predicted molar refractivity (Wildman–Crippen MR) is 48.0 cm³/mol. The highest BCUT2D eigenvalue weighted by atomic mass is 16.5. The Morgan fingerprint density at radius 3 is 2.67 bits per heavy atom. The summed E-state index contributed by atoms with van der Waals surface area (Å²) in [6.45, 7) is 5.49. The molecule has 2 N–H and O–H groups in total. The second-order valence-corrected chi connectivity index (χ2v) is 3.46. The summed E-state index contributed by atoms with van der Waals surface area (Å²) in [5.41, 5.74) is 5.63. The lowest BCUT2D eigenvalue weighted by atomic mass is 9.90. The fraction of sp³-hybridized carbons (Fsp3) is 1.00. The summed E-state index contributed by atoms with van der Waals surface area (Å²) in [5.74, 6) is 0. The lowest BCUT2D eigenvalue weighted by Crippen LogP contribution is -2.43. The molecule has 1 unspecified atom stereocenters. The SMILES string of the molecule is CCOCC(C)OC1CC(N)C1. The second kappa shape index (κ2) is 4.80. The van der Waals surface area contributed by atoms with Crippen molar-refractivity contribution in [2.45, 2.75) is 44.9 Å². The first-order chi connectivity index (χ1) is 5.72. The molecule has 1 atom stereocenters. The molecular weight excluding hydrogens is 154 g/mol. The van der Waals surface area contributed by atoms with Crippen molar-refractivity contribution in [3.8, 4) is 0 Å². The summed E-state index contributed by atoms with van der Waals surface area (Å²) in [7, 11) is 0. The first-order valence-corrected chi connectivity index (χ1v) is 4.71. The normalized spacial score (nSPS) is 31.2. The molecule has 72 valence electrons. The number of ether oxygens (including phenoxy) is 2. The topological polar surface area (TPSA) is 44.5 Å². The van der Waals surface area contributed by atoms with Crippen LogP contribution in [0.1, 0.15) is 26.7 Å². The van der Waals surface area contributed by atoms with E-state index in [-0.39, 0.29) is 6.10 Å². The van der Waals surface area contributed by atoms with E-state index < -0.39 is 0 Å². The average molecular weight is 173 g/mol. The van der Waals surface area contributed by atoms with Crippen LogP contribution in [0, 0.1) is 0 Å². The van der Waals surface area contributed by atoms with Crippen LogP contribution >= 0.6 is 0 Å². The van der Waals surface area contributed by atoms with Gasteiger partial charge in [0, 0.05) is 12.6 Å². The third-order valence-corrected chi connectivity index (χ3v) is 2.11. The zero-order chi connectivity index (χ0) is 8.97. The van der Waals surface area contributed by atoms with Crippen molar-refractivity contribution in [1.29, 1.82) is 0 Å². The van der Waals surface area contributed by atoms with Crippen molar-refractivity contribution in [3.05, 3.63) is 0 Å². The van der Waals surface area contributed by atoms with Gasteiger partial charge in [-0.3, -0.25) is 0 Å². The minimum atomic E-state index is 0.211. The summed E-state index contributed by atoms with van der Waals surface area (Å²) < 4.78 is 10.9. The minimum absolute atomic E-state index is 0.211. The van der Waals surface area contributed by atoms with Crippen LogP contribution in [0.4, 0.5) is 0 Å². The predicted octanol–water partition coefficient (Wildman–Crippen LogP) is 0.918. The maximum atomic E-state index is 5.65. The average Bonchev–Trinajstić information content (AvgIpc) is 1.98. The largest absolute Gasteiger partial charge is 0.379 e. The molecule has 0 saturated heterocycles. The van der Waals surface area contributed by atoms with Gasteiger partial charge in [-0.05, 0) is 26.7 Å². The summed E-state index contributed by atoms with van der Waals surface area (Å²) in [5, 5.41) is 0. The Bertz CT molecular complexity index is 124. The van der Waals surface area contributed by atoms with Crippen LogP contribution in [-0.4, -0.2) is 31.5 Å². The molecule has 3 nitrogen and oxygen atoms in total. The van der Waals surface area contributed by atoms with Gasteiger partial charge in [-0.2, -0.15) is 0 Å². The molecule has 0 heterocycles. The molecule has 0 aromatic heterocycles. The molecule has 1 aliphatic rings. The van der Waals surface area contributed by atoms with Gasteiger partial charge in [-0.15, -0.1) is 0 Å². The van der Waals surface area contributed by atoms with E-state index in [1.54, 1.807) is 0 Å². The summed E-state index contributed by atoms with van der Waals surface area (Å²) >= 11 is 0. The third kappa shape index (κ3) is 3.09. The number of hydrogen-bond donors (Lipinski definition) is 1. The third-order valence-electron chi connectivity index (χ3n) is 2.11. The lowest BCUT2D eigenvalue weighted by Gasteiger charge is -2.34. The molecule has 3 heteroatoms. The standard InChI is InChI=1S/C9H19NO2/c1-3-11-6-7(2)12-9-4-8(10)5-9/h7-9H,3-6,10H2,1-2H3. The number of nitrogens with two attached hydrogens (primary N) is 1. The van der Waals surface area contributed by atoms with Crippen molar-refractivity contribution in [1.82, 2.24) is 0 Å². The summed E-state index contributed by atoms with van der Waals surface area (Å²) in [4.78, 5) is 0. The fourth-order valence-electron chi connectivity index (χ4n) is 1.37. The molecule has 0 aromatic carbocycles. The smallest absolute Gasteiger partial charge is 0.0784 e. The van der Waals surface area contributed by atoms with Crippen LogP contribution < -0.4 is 5.73 Å². The van der Waals surface area contributed by atoms with E-state index in [1.807, 2.05) is 13.8 Å². The van der Waals surface area contributed by atoms with Crippen LogP contribution in [0.25, 0.3) is 0 Å².